The first-order valence-corrected chi connectivity index (χ1v) is 10.4. The number of aromatic nitrogens is 5. The highest BCUT2D eigenvalue weighted by atomic mass is 19.3. The molecule has 31 heavy (non-hydrogen) atoms. The summed E-state index contributed by atoms with van der Waals surface area (Å²) in [7, 11) is 0. The summed E-state index contributed by atoms with van der Waals surface area (Å²) < 4.78 is 40.1. The molecule has 0 amide bonds. The molecule has 1 aromatic carbocycles. The molecule has 2 aliphatic heterocycles. The van der Waals surface area contributed by atoms with Gasteiger partial charge < -0.3 is 19.7 Å². The quantitative estimate of drug-likeness (QED) is 0.637. The summed E-state index contributed by atoms with van der Waals surface area (Å²) in [6.45, 7) is 3.61. The second kappa shape index (κ2) is 8.67. The summed E-state index contributed by atoms with van der Waals surface area (Å²) >= 11 is 0. The number of hydrogen-bond acceptors (Lipinski definition) is 8. The lowest BCUT2D eigenvalue weighted by atomic mass is 10.2. The average Bonchev–Trinajstić information content (AvgIpc) is 3.46. The van der Waals surface area contributed by atoms with E-state index in [4.69, 9.17) is 9.47 Å². The Balaban J connectivity index is 1.57. The number of anilines is 2. The van der Waals surface area contributed by atoms with E-state index < -0.39 is 12.2 Å². The van der Waals surface area contributed by atoms with Gasteiger partial charge in [-0.15, -0.1) is 0 Å². The van der Waals surface area contributed by atoms with Gasteiger partial charge in [-0.2, -0.15) is 15.0 Å². The van der Waals surface area contributed by atoms with E-state index in [-0.39, 0.29) is 12.1 Å². The van der Waals surface area contributed by atoms with Crippen molar-refractivity contribution in [2.75, 3.05) is 49.7 Å². The van der Waals surface area contributed by atoms with Crippen molar-refractivity contribution >= 4 is 22.9 Å². The Kier molecular flexibility index (Phi) is 5.60. The number of fused-ring (bicyclic) bond motifs is 1. The van der Waals surface area contributed by atoms with E-state index in [1.807, 2.05) is 4.90 Å². The van der Waals surface area contributed by atoms with Crippen LogP contribution in [0.4, 0.5) is 20.7 Å². The van der Waals surface area contributed by atoms with Gasteiger partial charge in [-0.1, -0.05) is 12.1 Å². The van der Waals surface area contributed by atoms with Crippen LogP contribution in [0, 0.1) is 0 Å². The topological polar surface area (TPSA) is 90.2 Å². The smallest absolute Gasteiger partial charge is 0.296 e. The van der Waals surface area contributed by atoms with Gasteiger partial charge in [-0.25, -0.2) is 13.8 Å². The summed E-state index contributed by atoms with van der Waals surface area (Å²) in [5, 5.41) is 3.20. The Bertz CT molecular complexity index is 1050. The van der Waals surface area contributed by atoms with E-state index in [0.717, 1.165) is 19.4 Å². The number of ether oxygens (including phenoxy) is 2. The molecular formula is C20H23F2N7O2. The van der Waals surface area contributed by atoms with Gasteiger partial charge in [0.15, 0.2) is 5.82 Å². The van der Waals surface area contributed by atoms with Crippen LogP contribution in [0.3, 0.4) is 0 Å². The predicted molar refractivity (Wildman–Crippen MR) is 110 cm³/mol. The van der Waals surface area contributed by atoms with Crippen LogP contribution in [0.25, 0.3) is 17.0 Å². The van der Waals surface area contributed by atoms with Gasteiger partial charge >= 0.3 is 0 Å². The normalized spacial score (nSPS) is 19.5. The second-order valence-electron chi connectivity index (χ2n) is 7.47. The van der Waals surface area contributed by atoms with Crippen LogP contribution in [0.2, 0.25) is 0 Å². The molecule has 2 fully saturated rings. The standard InChI is InChI=1S/C20H23F2N7O2/c21-16(22)17-24-14-5-1-2-6-15(14)29(17)20-26-18(23-12-13-4-3-9-31-13)25-19(27-20)28-7-10-30-11-8-28/h1-2,5-6,13,16H,3-4,7-12H2,(H,23,25,26,27). The first-order chi connectivity index (χ1) is 15.2. The number of morpholine rings is 1. The highest BCUT2D eigenvalue weighted by molar-refractivity contribution is 5.77. The molecule has 2 saturated heterocycles. The number of alkyl halides is 2. The fraction of sp³-hybridized carbons (Fsp3) is 0.500. The molecule has 0 spiro atoms. The van der Waals surface area contributed by atoms with Crippen molar-refractivity contribution in [2.24, 2.45) is 0 Å². The first kappa shape index (κ1) is 20.0. The van der Waals surface area contributed by atoms with E-state index in [0.29, 0.717) is 55.8 Å². The summed E-state index contributed by atoms with van der Waals surface area (Å²) in [6, 6.07) is 6.96. The number of hydrogen-bond donors (Lipinski definition) is 1. The van der Waals surface area contributed by atoms with Crippen molar-refractivity contribution in [3.63, 3.8) is 0 Å². The number of halogens is 2. The highest BCUT2D eigenvalue weighted by Crippen LogP contribution is 2.27. The molecular weight excluding hydrogens is 408 g/mol. The lowest BCUT2D eigenvalue weighted by Gasteiger charge is -2.27. The molecule has 0 bridgehead atoms. The van der Waals surface area contributed by atoms with Crippen molar-refractivity contribution in [1.82, 2.24) is 24.5 Å². The third kappa shape index (κ3) is 4.15. The van der Waals surface area contributed by atoms with Crippen LogP contribution in [0.5, 0.6) is 0 Å². The molecule has 3 aromatic rings. The van der Waals surface area contributed by atoms with Crippen LogP contribution < -0.4 is 10.2 Å². The molecule has 11 heteroatoms. The summed E-state index contributed by atoms with van der Waals surface area (Å²) in [5.41, 5.74) is 0.974. The first-order valence-electron chi connectivity index (χ1n) is 10.4. The van der Waals surface area contributed by atoms with E-state index in [9.17, 15) is 8.78 Å². The monoisotopic (exact) mass is 431 g/mol. The summed E-state index contributed by atoms with van der Waals surface area (Å²) in [5.74, 6) is 0.446. The number of nitrogens with zero attached hydrogens (tertiary/aromatic N) is 6. The van der Waals surface area contributed by atoms with E-state index in [1.54, 1.807) is 24.3 Å². The van der Waals surface area contributed by atoms with Gasteiger partial charge in [0.05, 0.1) is 30.4 Å². The molecule has 5 rings (SSSR count). The summed E-state index contributed by atoms with van der Waals surface area (Å²) in [4.78, 5) is 19.6. The Morgan fingerprint density at radius 1 is 1.03 bits per heavy atom. The molecule has 1 N–H and O–H groups in total. The Hall–Kier alpha value is -2.92. The van der Waals surface area contributed by atoms with Crippen LogP contribution >= 0.6 is 0 Å². The lowest BCUT2D eigenvalue weighted by molar-refractivity contribution is 0.120. The molecule has 2 aliphatic rings. The SMILES string of the molecule is FC(F)c1nc2ccccc2n1-c1nc(NCC2CCCO2)nc(N2CCOCC2)n1. The van der Waals surface area contributed by atoms with Crippen LogP contribution in [0.15, 0.2) is 24.3 Å². The minimum absolute atomic E-state index is 0.0813. The second-order valence-corrected chi connectivity index (χ2v) is 7.47. The van der Waals surface area contributed by atoms with Gasteiger partial charge in [0, 0.05) is 26.2 Å². The maximum atomic E-state index is 13.8. The van der Waals surface area contributed by atoms with Gasteiger partial charge in [0.25, 0.3) is 6.43 Å². The van der Waals surface area contributed by atoms with Crippen molar-refractivity contribution in [2.45, 2.75) is 25.4 Å². The fourth-order valence-electron chi connectivity index (χ4n) is 3.85. The zero-order valence-corrected chi connectivity index (χ0v) is 16.9. The number of nitrogens with one attached hydrogen (secondary N) is 1. The molecule has 2 aromatic heterocycles. The molecule has 1 unspecified atom stereocenters. The van der Waals surface area contributed by atoms with Crippen LogP contribution in [-0.4, -0.2) is 70.1 Å². The molecule has 0 saturated carbocycles. The van der Waals surface area contributed by atoms with Gasteiger partial charge in [-0.3, -0.25) is 4.57 Å². The van der Waals surface area contributed by atoms with Gasteiger partial charge in [-0.05, 0) is 25.0 Å². The van der Waals surface area contributed by atoms with E-state index >= 15 is 0 Å². The molecule has 9 nitrogen and oxygen atoms in total. The van der Waals surface area contributed by atoms with E-state index in [2.05, 4.69) is 25.3 Å². The van der Waals surface area contributed by atoms with Gasteiger partial charge in [0.2, 0.25) is 17.8 Å². The number of imidazole rings is 1. The largest absolute Gasteiger partial charge is 0.378 e. The minimum Gasteiger partial charge on any atom is -0.378 e. The highest BCUT2D eigenvalue weighted by Gasteiger charge is 2.24. The molecule has 0 aliphatic carbocycles. The molecule has 4 heterocycles. The predicted octanol–water partition coefficient (Wildman–Crippen LogP) is 2.58. The third-order valence-electron chi connectivity index (χ3n) is 5.40. The fourth-order valence-corrected chi connectivity index (χ4v) is 3.85. The van der Waals surface area contributed by atoms with Crippen molar-refractivity contribution < 1.29 is 18.3 Å². The molecule has 164 valence electrons. The van der Waals surface area contributed by atoms with Crippen molar-refractivity contribution in [3.8, 4) is 5.95 Å². The Morgan fingerprint density at radius 2 is 1.84 bits per heavy atom. The van der Waals surface area contributed by atoms with Crippen LogP contribution in [-0.2, 0) is 9.47 Å². The van der Waals surface area contributed by atoms with Crippen molar-refractivity contribution in [3.05, 3.63) is 30.1 Å². The number of para-hydroxylation sites is 2. The zero-order valence-electron chi connectivity index (χ0n) is 16.9. The Morgan fingerprint density at radius 3 is 2.61 bits per heavy atom. The third-order valence-corrected chi connectivity index (χ3v) is 5.40. The van der Waals surface area contributed by atoms with Gasteiger partial charge in [0.1, 0.15) is 0 Å². The number of rotatable bonds is 6. The number of benzene rings is 1. The maximum absolute atomic E-state index is 13.8. The molecule has 0 radical (unpaired) electrons. The lowest BCUT2D eigenvalue weighted by Crippen LogP contribution is -2.37. The van der Waals surface area contributed by atoms with E-state index in [1.165, 1.54) is 4.57 Å². The van der Waals surface area contributed by atoms with Crippen LogP contribution in [0.1, 0.15) is 25.1 Å². The average molecular weight is 431 g/mol. The maximum Gasteiger partial charge on any atom is 0.296 e. The minimum atomic E-state index is -2.78. The molecule has 1 atom stereocenters. The van der Waals surface area contributed by atoms with Crippen molar-refractivity contribution in [1.29, 1.82) is 0 Å². The Labute approximate surface area is 177 Å². The summed E-state index contributed by atoms with van der Waals surface area (Å²) in [6.07, 6.45) is -0.715. The zero-order chi connectivity index (χ0) is 21.2.